The molecule has 0 aromatic carbocycles. The molecule has 7 atom stereocenters. The molecule has 4 aliphatic carbocycles. The minimum Gasteiger partial charge on any atom is -0.392 e. The molecule has 0 saturated heterocycles. The third kappa shape index (κ3) is 1.90. The number of rotatable bonds is 2. The van der Waals surface area contributed by atoms with Gasteiger partial charge in [-0.2, -0.15) is 0 Å². The summed E-state index contributed by atoms with van der Waals surface area (Å²) >= 11 is 0. The second-order valence-electron chi connectivity index (χ2n) is 9.43. The molecule has 1 N–H and O–H groups in total. The zero-order valence-corrected chi connectivity index (χ0v) is 15.8. The summed E-state index contributed by atoms with van der Waals surface area (Å²) in [6.07, 6.45) is 6.98. The van der Waals surface area contributed by atoms with Gasteiger partial charge in [0.05, 0.1) is 6.61 Å². The molecule has 0 aliphatic heterocycles. The van der Waals surface area contributed by atoms with Crippen LogP contribution >= 0.6 is 0 Å². The average Bonchev–Trinajstić information content (AvgIpc) is 3.05. The van der Waals surface area contributed by atoms with Gasteiger partial charge in [-0.25, -0.2) is 0 Å². The zero-order valence-electron chi connectivity index (χ0n) is 15.8. The Hall–Kier alpha value is -0.860. The Kier molecular flexibility index (Phi) is 3.51. The Balaban J connectivity index is 1.85. The molecule has 0 bridgehead atoms. The van der Waals surface area contributed by atoms with Crippen LogP contribution in [0.25, 0.3) is 0 Å². The van der Waals surface area contributed by atoms with Gasteiger partial charge in [0.1, 0.15) is 5.60 Å². The van der Waals surface area contributed by atoms with E-state index in [4.69, 9.17) is 4.74 Å². The molecule has 2 fully saturated rings. The van der Waals surface area contributed by atoms with Crippen molar-refractivity contribution in [2.24, 2.45) is 40.9 Å². The van der Waals surface area contributed by atoms with Crippen molar-refractivity contribution in [1.82, 2.24) is 0 Å². The highest BCUT2D eigenvalue weighted by Gasteiger charge is 2.67. The third-order valence-corrected chi connectivity index (χ3v) is 8.14. The van der Waals surface area contributed by atoms with Gasteiger partial charge in [0.25, 0.3) is 0 Å². The average molecular weight is 328 g/mol. The van der Waals surface area contributed by atoms with Crippen LogP contribution in [-0.4, -0.2) is 24.4 Å². The third-order valence-electron chi connectivity index (χ3n) is 8.14. The standard InChI is InChI=1S/C22H32O2/c1-12-7-17-19-13(2)8-18-20(21(18,4)5)16(19)9-15(11-23)10-22(17,24-6)14(12)3/h7,9,13,16-20,23H,3,8,10-11H2,1-2,4-6H3. The topological polar surface area (TPSA) is 29.5 Å². The number of hydrogen-bond acceptors (Lipinski definition) is 2. The van der Waals surface area contributed by atoms with E-state index >= 15 is 0 Å². The van der Waals surface area contributed by atoms with E-state index in [1.807, 2.05) is 7.11 Å². The van der Waals surface area contributed by atoms with Gasteiger partial charge in [0.15, 0.2) is 0 Å². The van der Waals surface area contributed by atoms with Gasteiger partial charge >= 0.3 is 0 Å². The largest absolute Gasteiger partial charge is 0.392 e. The lowest BCUT2D eigenvalue weighted by Crippen LogP contribution is -2.45. The number of fused-ring (bicyclic) bond motifs is 5. The molecule has 0 aromatic rings. The summed E-state index contributed by atoms with van der Waals surface area (Å²) in [6.45, 7) is 14.0. The van der Waals surface area contributed by atoms with Crippen molar-refractivity contribution >= 4 is 0 Å². The van der Waals surface area contributed by atoms with E-state index < -0.39 is 0 Å². The first-order chi connectivity index (χ1) is 11.3. The Morgan fingerprint density at radius 1 is 1.33 bits per heavy atom. The van der Waals surface area contributed by atoms with Crippen molar-refractivity contribution in [3.8, 4) is 0 Å². The van der Waals surface area contributed by atoms with Crippen LogP contribution in [0.15, 0.2) is 35.5 Å². The Labute approximate surface area is 146 Å². The number of aliphatic hydroxyl groups excluding tert-OH is 1. The van der Waals surface area contributed by atoms with Crippen LogP contribution in [0.5, 0.6) is 0 Å². The van der Waals surface area contributed by atoms with Crippen molar-refractivity contribution in [1.29, 1.82) is 0 Å². The van der Waals surface area contributed by atoms with Gasteiger partial charge in [-0.05, 0) is 65.1 Å². The number of methoxy groups -OCH3 is 1. The van der Waals surface area contributed by atoms with Crippen LogP contribution in [0, 0.1) is 40.9 Å². The first kappa shape index (κ1) is 16.6. The molecule has 0 radical (unpaired) electrons. The lowest BCUT2D eigenvalue weighted by molar-refractivity contribution is -0.0420. The summed E-state index contributed by atoms with van der Waals surface area (Å²) in [6, 6.07) is 0. The Morgan fingerprint density at radius 3 is 2.67 bits per heavy atom. The number of hydrogen-bond donors (Lipinski definition) is 1. The van der Waals surface area contributed by atoms with Crippen LogP contribution in [-0.2, 0) is 4.74 Å². The Bertz CT molecular complexity index is 640. The molecule has 7 unspecified atom stereocenters. The molecule has 0 amide bonds. The molecule has 0 heterocycles. The molecule has 24 heavy (non-hydrogen) atoms. The minimum atomic E-state index is -0.349. The summed E-state index contributed by atoms with van der Waals surface area (Å²) in [5.74, 6) is 3.82. The fraction of sp³-hybridized carbons (Fsp3) is 0.727. The molecule has 2 nitrogen and oxygen atoms in total. The van der Waals surface area contributed by atoms with Gasteiger partial charge < -0.3 is 9.84 Å². The van der Waals surface area contributed by atoms with Crippen LogP contribution < -0.4 is 0 Å². The summed E-state index contributed by atoms with van der Waals surface area (Å²) in [7, 11) is 1.83. The smallest absolute Gasteiger partial charge is 0.103 e. The fourth-order valence-electron chi connectivity index (χ4n) is 6.78. The number of aliphatic hydroxyl groups is 1. The van der Waals surface area contributed by atoms with Crippen molar-refractivity contribution in [3.05, 3.63) is 35.5 Å². The van der Waals surface area contributed by atoms with Gasteiger partial charge in [-0.3, -0.25) is 0 Å². The van der Waals surface area contributed by atoms with Crippen LogP contribution in [0.1, 0.15) is 40.5 Å². The number of ether oxygens (including phenoxy) is 1. The number of allylic oxidation sites excluding steroid dienone is 1. The Morgan fingerprint density at radius 2 is 2.04 bits per heavy atom. The van der Waals surface area contributed by atoms with Crippen molar-refractivity contribution < 1.29 is 9.84 Å². The first-order valence-corrected chi connectivity index (χ1v) is 9.51. The molecule has 4 aliphatic rings. The zero-order chi connectivity index (χ0) is 17.4. The van der Waals surface area contributed by atoms with Crippen LogP contribution in [0.2, 0.25) is 0 Å². The van der Waals surface area contributed by atoms with Gasteiger partial charge in [-0.1, -0.05) is 39.5 Å². The molecule has 132 valence electrons. The minimum absolute atomic E-state index is 0.138. The van der Waals surface area contributed by atoms with Crippen molar-refractivity contribution in [3.63, 3.8) is 0 Å². The molecule has 0 spiro atoms. The van der Waals surface area contributed by atoms with E-state index in [2.05, 4.69) is 46.4 Å². The van der Waals surface area contributed by atoms with Crippen LogP contribution in [0.3, 0.4) is 0 Å². The van der Waals surface area contributed by atoms with E-state index in [-0.39, 0.29) is 12.2 Å². The molecule has 0 aromatic heterocycles. The highest BCUT2D eigenvalue weighted by Crippen LogP contribution is 2.72. The maximum absolute atomic E-state index is 10.0. The van der Waals surface area contributed by atoms with E-state index in [1.165, 1.54) is 12.0 Å². The van der Waals surface area contributed by atoms with Gasteiger partial charge in [0, 0.05) is 19.4 Å². The monoisotopic (exact) mass is 328 g/mol. The SMILES string of the molecule is C=C1C(C)=CC2C3C(C)CC4C(C3C=C(CO)CC12OC)C4(C)C. The second-order valence-corrected chi connectivity index (χ2v) is 9.43. The predicted octanol–water partition coefficient (Wildman–Crippen LogP) is 4.37. The van der Waals surface area contributed by atoms with E-state index in [1.54, 1.807) is 0 Å². The van der Waals surface area contributed by atoms with Crippen molar-refractivity contribution in [2.45, 2.75) is 46.1 Å². The molecule has 2 saturated carbocycles. The lowest BCUT2D eigenvalue weighted by atomic mass is 9.64. The van der Waals surface area contributed by atoms with E-state index in [0.29, 0.717) is 29.1 Å². The maximum Gasteiger partial charge on any atom is 0.103 e. The highest BCUT2D eigenvalue weighted by molar-refractivity contribution is 5.47. The quantitative estimate of drug-likeness (QED) is 0.763. The van der Waals surface area contributed by atoms with Crippen molar-refractivity contribution in [2.75, 3.05) is 13.7 Å². The lowest BCUT2D eigenvalue weighted by Gasteiger charge is -2.44. The molecular formula is C22H32O2. The predicted molar refractivity (Wildman–Crippen MR) is 97.4 cm³/mol. The van der Waals surface area contributed by atoms with Gasteiger partial charge in [0.2, 0.25) is 0 Å². The van der Waals surface area contributed by atoms with Crippen LogP contribution in [0.4, 0.5) is 0 Å². The first-order valence-electron chi connectivity index (χ1n) is 9.51. The fourth-order valence-corrected chi connectivity index (χ4v) is 6.78. The maximum atomic E-state index is 10.0. The summed E-state index contributed by atoms with van der Waals surface area (Å²) < 4.78 is 6.19. The van der Waals surface area contributed by atoms with Gasteiger partial charge in [-0.15, -0.1) is 0 Å². The molecular weight excluding hydrogens is 296 g/mol. The second kappa shape index (κ2) is 5.08. The summed E-state index contributed by atoms with van der Waals surface area (Å²) in [5.41, 5.74) is 3.65. The van der Waals surface area contributed by atoms with E-state index in [0.717, 1.165) is 29.4 Å². The molecule has 2 heteroatoms. The summed E-state index contributed by atoms with van der Waals surface area (Å²) in [5, 5.41) is 10.0. The normalized spacial score (nSPS) is 48.7. The summed E-state index contributed by atoms with van der Waals surface area (Å²) in [4.78, 5) is 0. The van der Waals surface area contributed by atoms with E-state index in [9.17, 15) is 5.11 Å². The highest BCUT2D eigenvalue weighted by atomic mass is 16.5. The molecule has 4 rings (SSSR count).